The fourth-order valence-corrected chi connectivity index (χ4v) is 3.23. The van der Waals surface area contributed by atoms with E-state index in [4.69, 9.17) is 9.47 Å². The van der Waals surface area contributed by atoms with Crippen LogP contribution in [0.2, 0.25) is 0 Å². The van der Waals surface area contributed by atoms with Crippen LogP contribution in [0.25, 0.3) is 0 Å². The van der Waals surface area contributed by atoms with Crippen molar-refractivity contribution in [3.05, 3.63) is 36.4 Å². The average Bonchev–Trinajstić information content (AvgIpc) is 2.66. The Balaban J connectivity index is 1.53. The molecule has 0 unspecified atom stereocenters. The Morgan fingerprint density at radius 2 is 1.92 bits per heavy atom. The van der Waals surface area contributed by atoms with Crippen LogP contribution < -0.4 is 14.8 Å². The van der Waals surface area contributed by atoms with E-state index in [9.17, 15) is 9.59 Å². The van der Waals surface area contributed by atoms with Crippen LogP contribution in [0.15, 0.2) is 30.9 Å². The third-order valence-electron chi connectivity index (χ3n) is 4.60. The van der Waals surface area contributed by atoms with Crippen molar-refractivity contribution < 1.29 is 19.1 Å². The van der Waals surface area contributed by atoms with Gasteiger partial charge in [-0.3, -0.25) is 14.5 Å². The van der Waals surface area contributed by atoms with Gasteiger partial charge in [0.15, 0.2) is 17.3 Å². The topological polar surface area (TPSA) is 67.9 Å². The monoisotopic (exact) mass is 344 g/mol. The molecule has 1 fully saturated rings. The third kappa shape index (κ3) is 4.39. The van der Waals surface area contributed by atoms with Crippen LogP contribution in [0.5, 0.6) is 11.5 Å². The summed E-state index contributed by atoms with van der Waals surface area (Å²) >= 11 is 0. The molecule has 3 rings (SSSR count). The number of nitrogens with one attached hydrogen (secondary N) is 1. The second kappa shape index (κ2) is 8.16. The van der Waals surface area contributed by atoms with Gasteiger partial charge in [0.25, 0.3) is 0 Å². The quantitative estimate of drug-likeness (QED) is 0.628. The smallest absolute Gasteiger partial charge is 0.234 e. The van der Waals surface area contributed by atoms with Gasteiger partial charge in [0.05, 0.1) is 6.54 Å². The fourth-order valence-electron chi connectivity index (χ4n) is 3.23. The van der Waals surface area contributed by atoms with E-state index in [1.165, 1.54) is 0 Å². The van der Waals surface area contributed by atoms with Gasteiger partial charge in [-0.15, -0.1) is 6.58 Å². The average molecular weight is 344 g/mol. The van der Waals surface area contributed by atoms with E-state index < -0.39 is 0 Å². The predicted molar refractivity (Wildman–Crippen MR) is 94.1 cm³/mol. The van der Waals surface area contributed by atoms with Crippen molar-refractivity contribution in [1.29, 1.82) is 0 Å². The van der Waals surface area contributed by atoms with Gasteiger partial charge in [0.1, 0.15) is 13.2 Å². The van der Waals surface area contributed by atoms with Gasteiger partial charge in [-0.1, -0.05) is 6.08 Å². The summed E-state index contributed by atoms with van der Waals surface area (Å²) in [6.07, 6.45) is 3.19. The van der Waals surface area contributed by atoms with Crippen LogP contribution in [0.1, 0.15) is 23.2 Å². The number of likely N-dealkylation sites (tertiary alicyclic amines) is 1. The Kier molecular flexibility index (Phi) is 5.71. The minimum Gasteiger partial charge on any atom is -0.486 e. The van der Waals surface area contributed by atoms with Crippen molar-refractivity contribution in [3.63, 3.8) is 0 Å². The van der Waals surface area contributed by atoms with Gasteiger partial charge in [0.2, 0.25) is 5.91 Å². The molecule has 0 spiro atoms. The summed E-state index contributed by atoms with van der Waals surface area (Å²) in [5.41, 5.74) is 0.673. The molecule has 1 N–H and O–H groups in total. The number of fused-ring (bicyclic) bond motifs is 1. The van der Waals surface area contributed by atoms with Crippen molar-refractivity contribution in [2.45, 2.75) is 12.8 Å². The third-order valence-corrected chi connectivity index (χ3v) is 4.60. The maximum absolute atomic E-state index is 12.8. The number of carbonyl (C=O) groups excluding carboxylic acids is 2. The fraction of sp³-hybridized carbons (Fsp3) is 0.474. The van der Waals surface area contributed by atoms with Gasteiger partial charge in [0, 0.05) is 18.0 Å². The van der Waals surface area contributed by atoms with Gasteiger partial charge in [-0.05, 0) is 44.1 Å². The van der Waals surface area contributed by atoms with Gasteiger partial charge >= 0.3 is 0 Å². The van der Waals surface area contributed by atoms with E-state index in [-0.39, 0.29) is 17.6 Å². The Hall–Kier alpha value is -2.34. The van der Waals surface area contributed by atoms with Crippen molar-refractivity contribution in [3.8, 4) is 11.5 Å². The largest absolute Gasteiger partial charge is 0.486 e. The Bertz CT molecular complexity index is 651. The number of ketones is 1. The summed E-state index contributed by atoms with van der Waals surface area (Å²) in [5.74, 6) is 1.48. The van der Waals surface area contributed by atoms with Crippen LogP contribution in [0, 0.1) is 5.92 Å². The first-order chi connectivity index (χ1) is 12.2. The molecule has 2 aliphatic heterocycles. The second-order valence-corrected chi connectivity index (χ2v) is 6.37. The molecule has 0 atom stereocenters. The first kappa shape index (κ1) is 17.5. The molecular formula is C19H24N2O4. The number of carbonyl (C=O) groups is 2. The normalized spacial score (nSPS) is 17.8. The molecule has 25 heavy (non-hydrogen) atoms. The molecule has 1 saturated heterocycles. The van der Waals surface area contributed by atoms with Crippen molar-refractivity contribution in [2.24, 2.45) is 5.92 Å². The van der Waals surface area contributed by atoms with Crippen LogP contribution in [-0.4, -0.2) is 56.0 Å². The van der Waals surface area contributed by atoms with Crippen LogP contribution in [-0.2, 0) is 4.79 Å². The Labute approximate surface area is 147 Å². The van der Waals surface area contributed by atoms with Crippen molar-refractivity contribution >= 4 is 11.7 Å². The van der Waals surface area contributed by atoms with Crippen LogP contribution in [0.4, 0.5) is 0 Å². The number of hydrogen-bond acceptors (Lipinski definition) is 5. The molecule has 1 amide bonds. The molecule has 6 nitrogen and oxygen atoms in total. The summed E-state index contributed by atoms with van der Waals surface area (Å²) < 4.78 is 11.1. The number of nitrogens with zero attached hydrogens (tertiary/aromatic N) is 1. The van der Waals surface area contributed by atoms with E-state index in [1.54, 1.807) is 18.2 Å². The summed E-state index contributed by atoms with van der Waals surface area (Å²) in [7, 11) is 0. The minimum atomic E-state index is -0.00459. The Morgan fingerprint density at radius 3 is 2.64 bits per heavy atom. The summed E-state index contributed by atoms with van der Waals surface area (Å²) in [6.45, 7) is 7.00. The summed E-state index contributed by atoms with van der Waals surface area (Å²) in [6, 6.07) is 5.40. The van der Waals surface area contributed by atoms with E-state index in [0.717, 1.165) is 25.9 Å². The lowest BCUT2D eigenvalue weighted by Gasteiger charge is -2.30. The number of piperidine rings is 1. The zero-order valence-corrected chi connectivity index (χ0v) is 14.3. The molecule has 0 aliphatic carbocycles. The van der Waals surface area contributed by atoms with Gasteiger partial charge in [-0.25, -0.2) is 0 Å². The molecule has 0 saturated carbocycles. The second-order valence-electron chi connectivity index (χ2n) is 6.37. The van der Waals surface area contributed by atoms with Crippen molar-refractivity contribution in [1.82, 2.24) is 10.2 Å². The molecule has 1 aromatic rings. The standard InChI is InChI=1S/C19H24N2O4/c1-2-7-20-18(22)13-21-8-5-14(6-9-21)19(23)15-3-4-16-17(12-15)25-11-10-24-16/h2-4,12,14H,1,5-11,13H2,(H,20,22). The highest BCUT2D eigenvalue weighted by atomic mass is 16.6. The van der Waals surface area contributed by atoms with Crippen LogP contribution >= 0.6 is 0 Å². The highest BCUT2D eigenvalue weighted by Crippen LogP contribution is 2.32. The van der Waals surface area contributed by atoms with Crippen molar-refractivity contribution in [2.75, 3.05) is 39.4 Å². The number of benzene rings is 1. The molecule has 0 radical (unpaired) electrons. The van der Waals surface area contributed by atoms with E-state index in [1.807, 2.05) is 6.07 Å². The highest BCUT2D eigenvalue weighted by molar-refractivity contribution is 5.98. The predicted octanol–water partition coefficient (Wildman–Crippen LogP) is 1.65. The molecule has 6 heteroatoms. The number of hydrogen-bond donors (Lipinski definition) is 1. The van der Waals surface area contributed by atoms with Gasteiger partial charge in [-0.2, -0.15) is 0 Å². The maximum Gasteiger partial charge on any atom is 0.234 e. The van der Waals surface area contributed by atoms with E-state index in [2.05, 4.69) is 16.8 Å². The maximum atomic E-state index is 12.8. The van der Waals surface area contributed by atoms with Crippen LogP contribution in [0.3, 0.4) is 0 Å². The minimum absolute atomic E-state index is 0.00323. The molecule has 1 aromatic carbocycles. The highest BCUT2D eigenvalue weighted by Gasteiger charge is 2.27. The molecular weight excluding hydrogens is 320 g/mol. The summed E-state index contributed by atoms with van der Waals surface area (Å²) in [5, 5.41) is 2.78. The number of rotatable bonds is 6. The summed E-state index contributed by atoms with van der Waals surface area (Å²) in [4.78, 5) is 26.6. The SMILES string of the molecule is C=CCNC(=O)CN1CCC(C(=O)c2ccc3c(c2)OCCO3)CC1. The zero-order valence-electron chi connectivity index (χ0n) is 14.3. The zero-order chi connectivity index (χ0) is 17.6. The molecule has 0 aromatic heterocycles. The van der Waals surface area contributed by atoms with Gasteiger partial charge < -0.3 is 14.8 Å². The Morgan fingerprint density at radius 1 is 1.20 bits per heavy atom. The van der Waals surface area contributed by atoms with E-state index in [0.29, 0.717) is 43.4 Å². The number of Topliss-reactive ketones (excluding diaryl/α,β-unsaturated/α-hetero) is 1. The molecule has 2 aliphatic rings. The molecule has 0 bridgehead atoms. The molecule has 2 heterocycles. The first-order valence-corrected chi connectivity index (χ1v) is 8.71. The lowest BCUT2D eigenvalue weighted by Crippen LogP contribution is -2.42. The lowest BCUT2D eigenvalue weighted by atomic mass is 9.88. The van der Waals surface area contributed by atoms with E-state index >= 15 is 0 Å². The lowest BCUT2D eigenvalue weighted by molar-refractivity contribution is -0.122. The number of amides is 1. The molecule has 134 valence electrons. The number of ether oxygens (including phenoxy) is 2. The first-order valence-electron chi connectivity index (χ1n) is 8.71.